The Balaban J connectivity index is -0.000000333. The normalized spacial score (nSPS) is 7.92. The Kier molecular flexibility index (Phi) is 14.6. The Hall–Kier alpha value is 0.0500. The van der Waals surface area contributed by atoms with Crippen molar-refractivity contribution in [3.63, 3.8) is 0 Å². The van der Waals surface area contributed by atoms with Gasteiger partial charge in [0.25, 0.3) is 0 Å². The van der Waals surface area contributed by atoms with Crippen molar-refractivity contribution in [2.75, 3.05) is 14.1 Å². The van der Waals surface area contributed by atoms with Crippen molar-refractivity contribution in [1.29, 1.82) is 0 Å². The molecule has 0 bridgehead atoms. The number of hydrogen-bond donors (Lipinski definition) is 0. The van der Waals surface area contributed by atoms with Gasteiger partial charge < -0.3 is 4.90 Å². The minimum Gasteiger partial charge on any atom is -0.305 e. The Morgan fingerprint density at radius 1 is 0.923 bits per heavy atom. The Bertz CT molecular complexity index is 189. The highest BCUT2D eigenvalue weighted by atomic mass is 35.5. The molecular weight excluding hydrogens is 228 g/mol. The molecule has 0 aliphatic rings. The lowest BCUT2D eigenvalue weighted by molar-refractivity contribution is 0.402. The van der Waals surface area contributed by atoms with Gasteiger partial charge in [0.15, 0.2) is 0 Å². The molecule has 0 saturated carbocycles. The van der Waals surface area contributed by atoms with Crippen LogP contribution in [-0.2, 0) is 6.54 Å². The van der Waals surface area contributed by atoms with Gasteiger partial charge in [-0.3, -0.25) is 0 Å². The summed E-state index contributed by atoms with van der Waals surface area (Å²) in [6, 6.07) is 10.5. The predicted molar refractivity (Wildman–Crippen MR) is 65.6 cm³/mol. The van der Waals surface area contributed by atoms with Crippen molar-refractivity contribution >= 4 is 37.2 Å². The fourth-order valence-electron chi connectivity index (χ4n) is 0.949. The predicted octanol–water partition coefficient (Wildman–Crippen LogP) is 3.01. The molecule has 1 aromatic carbocycles. The van der Waals surface area contributed by atoms with Crippen LogP contribution < -0.4 is 0 Å². The summed E-state index contributed by atoms with van der Waals surface area (Å²) in [4.78, 5) is 2.16. The fourth-order valence-corrected chi connectivity index (χ4v) is 0.949. The van der Waals surface area contributed by atoms with E-state index in [1.165, 1.54) is 5.56 Å². The first kappa shape index (κ1) is 18.8. The van der Waals surface area contributed by atoms with Crippen molar-refractivity contribution < 1.29 is 0 Å². The van der Waals surface area contributed by atoms with E-state index in [0.29, 0.717) is 0 Å². The van der Waals surface area contributed by atoms with Crippen molar-refractivity contribution in [3.05, 3.63) is 35.9 Å². The lowest BCUT2D eigenvalue weighted by atomic mass is 10.2. The molecule has 78 valence electrons. The summed E-state index contributed by atoms with van der Waals surface area (Å²) in [5.74, 6) is 0. The average molecular weight is 245 g/mol. The second kappa shape index (κ2) is 10.1. The molecule has 0 aliphatic heterocycles. The lowest BCUT2D eigenvalue weighted by Crippen LogP contribution is -2.10. The molecule has 0 aromatic heterocycles. The summed E-state index contributed by atoms with van der Waals surface area (Å²) in [5.41, 5.74) is 1.37. The molecule has 0 unspecified atom stereocenters. The van der Waals surface area contributed by atoms with Crippen LogP contribution in [0.4, 0.5) is 0 Å². The Morgan fingerprint density at radius 3 is 1.77 bits per heavy atom. The van der Waals surface area contributed by atoms with Gasteiger partial charge in [-0.15, -0.1) is 37.2 Å². The molecular formula is C9H16Cl3N. The lowest BCUT2D eigenvalue weighted by Gasteiger charge is -2.08. The highest BCUT2D eigenvalue weighted by molar-refractivity contribution is 5.86. The summed E-state index contributed by atoms with van der Waals surface area (Å²) in [6.07, 6.45) is 0. The molecule has 0 aliphatic carbocycles. The smallest absolute Gasteiger partial charge is 0.0227 e. The molecule has 0 heterocycles. The van der Waals surface area contributed by atoms with Gasteiger partial charge in [0.1, 0.15) is 0 Å². The van der Waals surface area contributed by atoms with Crippen LogP contribution in [0.5, 0.6) is 0 Å². The maximum atomic E-state index is 2.16. The molecule has 0 N–H and O–H groups in total. The van der Waals surface area contributed by atoms with Crippen LogP contribution in [0.1, 0.15) is 5.56 Å². The van der Waals surface area contributed by atoms with Crippen LogP contribution in [0.25, 0.3) is 0 Å². The number of nitrogens with zero attached hydrogens (tertiary/aromatic N) is 1. The summed E-state index contributed by atoms with van der Waals surface area (Å²) >= 11 is 0. The minimum atomic E-state index is 0. The van der Waals surface area contributed by atoms with Crippen LogP contribution in [0.15, 0.2) is 30.3 Å². The van der Waals surface area contributed by atoms with E-state index in [1.54, 1.807) is 0 Å². The van der Waals surface area contributed by atoms with Crippen LogP contribution in [-0.4, -0.2) is 19.0 Å². The van der Waals surface area contributed by atoms with E-state index in [2.05, 4.69) is 43.3 Å². The quantitative estimate of drug-likeness (QED) is 0.773. The van der Waals surface area contributed by atoms with Crippen LogP contribution >= 0.6 is 37.2 Å². The van der Waals surface area contributed by atoms with E-state index < -0.39 is 0 Å². The molecule has 1 rings (SSSR count). The largest absolute Gasteiger partial charge is 0.305 e. The third-order valence-electron chi connectivity index (χ3n) is 1.34. The SMILES string of the molecule is CN(C)Cc1ccccc1.Cl.Cl.Cl. The average Bonchev–Trinajstić information content (AvgIpc) is 1.88. The molecule has 1 nitrogen and oxygen atoms in total. The van der Waals surface area contributed by atoms with E-state index >= 15 is 0 Å². The van der Waals surface area contributed by atoms with E-state index in [-0.39, 0.29) is 37.2 Å². The fraction of sp³-hybridized carbons (Fsp3) is 0.333. The first-order valence-corrected chi connectivity index (χ1v) is 3.47. The Labute approximate surface area is 98.7 Å². The minimum absolute atomic E-state index is 0. The Morgan fingerprint density at radius 2 is 1.38 bits per heavy atom. The van der Waals surface area contributed by atoms with Crippen molar-refractivity contribution in [2.24, 2.45) is 0 Å². The number of halogens is 3. The summed E-state index contributed by atoms with van der Waals surface area (Å²) in [5, 5.41) is 0. The maximum Gasteiger partial charge on any atom is 0.0227 e. The van der Waals surface area contributed by atoms with E-state index in [1.807, 2.05) is 6.07 Å². The van der Waals surface area contributed by atoms with Crippen LogP contribution in [0.2, 0.25) is 0 Å². The highest BCUT2D eigenvalue weighted by Gasteiger charge is 1.90. The molecule has 0 fully saturated rings. The van der Waals surface area contributed by atoms with Gasteiger partial charge in [-0.2, -0.15) is 0 Å². The molecule has 0 spiro atoms. The zero-order chi connectivity index (χ0) is 7.40. The van der Waals surface area contributed by atoms with Gasteiger partial charge in [-0.05, 0) is 19.7 Å². The summed E-state index contributed by atoms with van der Waals surface area (Å²) in [6.45, 7) is 1.03. The molecule has 4 heteroatoms. The number of benzene rings is 1. The zero-order valence-corrected chi connectivity index (χ0v) is 10.2. The van der Waals surface area contributed by atoms with E-state index in [9.17, 15) is 0 Å². The summed E-state index contributed by atoms with van der Waals surface area (Å²) in [7, 11) is 4.15. The highest BCUT2D eigenvalue weighted by Crippen LogP contribution is 1.99. The van der Waals surface area contributed by atoms with Crippen molar-refractivity contribution in [2.45, 2.75) is 6.54 Å². The molecule has 13 heavy (non-hydrogen) atoms. The van der Waals surface area contributed by atoms with E-state index in [4.69, 9.17) is 0 Å². The van der Waals surface area contributed by atoms with Crippen molar-refractivity contribution in [1.82, 2.24) is 4.90 Å². The first-order valence-electron chi connectivity index (χ1n) is 3.47. The standard InChI is InChI=1S/C9H13N.3ClH/c1-10(2)8-9-6-4-3-5-7-9;;;/h3-7H,8H2,1-2H3;3*1H. The van der Waals surface area contributed by atoms with Gasteiger partial charge >= 0.3 is 0 Å². The third-order valence-corrected chi connectivity index (χ3v) is 1.34. The maximum absolute atomic E-state index is 2.16. The van der Waals surface area contributed by atoms with Gasteiger partial charge in [0.2, 0.25) is 0 Å². The van der Waals surface area contributed by atoms with Gasteiger partial charge in [0, 0.05) is 6.54 Å². The second-order valence-electron chi connectivity index (χ2n) is 2.72. The third kappa shape index (κ3) is 8.38. The topological polar surface area (TPSA) is 3.24 Å². The number of hydrogen-bond acceptors (Lipinski definition) is 1. The van der Waals surface area contributed by atoms with Gasteiger partial charge in [-0.25, -0.2) is 0 Å². The molecule has 0 amide bonds. The molecule has 0 radical (unpaired) electrons. The second-order valence-corrected chi connectivity index (χ2v) is 2.72. The molecule has 1 aromatic rings. The van der Waals surface area contributed by atoms with E-state index in [0.717, 1.165) is 6.54 Å². The van der Waals surface area contributed by atoms with Crippen LogP contribution in [0, 0.1) is 0 Å². The van der Waals surface area contributed by atoms with Gasteiger partial charge in [-0.1, -0.05) is 30.3 Å². The summed E-state index contributed by atoms with van der Waals surface area (Å²) < 4.78 is 0. The van der Waals surface area contributed by atoms with Gasteiger partial charge in [0.05, 0.1) is 0 Å². The zero-order valence-electron chi connectivity index (χ0n) is 7.77. The molecule has 0 saturated heterocycles. The van der Waals surface area contributed by atoms with Crippen LogP contribution in [0.3, 0.4) is 0 Å². The molecule has 0 atom stereocenters. The number of rotatable bonds is 2. The monoisotopic (exact) mass is 243 g/mol. The first-order chi connectivity index (χ1) is 4.79. The van der Waals surface area contributed by atoms with Crippen molar-refractivity contribution in [3.8, 4) is 0 Å².